The number of carbonyl (C=O) groups excluding carboxylic acids is 1. The third kappa shape index (κ3) is 3.90. The van der Waals surface area contributed by atoms with Gasteiger partial charge in [-0.25, -0.2) is 8.42 Å². The van der Waals surface area contributed by atoms with Crippen molar-refractivity contribution in [3.8, 4) is 0 Å². The Bertz CT molecular complexity index is 922. The zero-order valence-corrected chi connectivity index (χ0v) is 16.0. The van der Waals surface area contributed by atoms with Crippen LogP contribution in [0.3, 0.4) is 0 Å². The van der Waals surface area contributed by atoms with Crippen LogP contribution in [0.1, 0.15) is 29.5 Å². The molecule has 1 N–H and O–H groups in total. The van der Waals surface area contributed by atoms with E-state index >= 15 is 0 Å². The Kier molecular flexibility index (Phi) is 5.32. The topological polar surface area (TPSA) is 66.5 Å². The van der Waals surface area contributed by atoms with Crippen molar-refractivity contribution in [1.29, 1.82) is 0 Å². The van der Waals surface area contributed by atoms with Crippen LogP contribution in [0.25, 0.3) is 0 Å². The van der Waals surface area contributed by atoms with Crippen molar-refractivity contribution in [1.82, 2.24) is 0 Å². The SMILES string of the molecule is Cc1cccc(NC(=O)CCS(=O)(=O)N2CCCc3ccccc32)c1C. The highest BCUT2D eigenvalue weighted by Crippen LogP contribution is 2.29. The molecule has 2 aromatic carbocycles. The van der Waals surface area contributed by atoms with E-state index in [1.807, 2.05) is 56.3 Å². The summed E-state index contributed by atoms with van der Waals surface area (Å²) in [7, 11) is -3.53. The first-order chi connectivity index (χ1) is 12.4. The Morgan fingerprint density at radius 1 is 1.12 bits per heavy atom. The molecule has 0 unspecified atom stereocenters. The van der Waals surface area contributed by atoms with Crippen LogP contribution in [-0.4, -0.2) is 26.6 Å². The van der Waals surface area contributed by atoms with Gasteiger partial charge >= 0.3 is 0 Å². The molecule has 0 aliphatic carbocycles. The lowest BCUT2D eigenvalue weighted by Crippen LogP contribution is -2.37. The second-order valence-corrected chi connectivity index (χ2v) is 8.68. The molecule has 138 valence electrons. The predicted octanol–water partition coefficient (Wildman–Crippen LogP) is 3.41. The lowest BCUT2D eigenvalue weighted by Gasteiger charge is -2.30. The van der Waals surface area contributed by atoms with E-state index in [4.69, 9.17) is 0 Å². The van der Waals surface area contributed by atoms with Gasteiger partial charge in [0.2, 0.25) is 15.9 Å². The second kappa shape index (κ2) is 7.50. The lowest BCUT2D eigenvalue weighted by atomic mass is 10.0. The highest BCUT2D eigenvalue weighted by molar-refractivity contribution is 7.92. The second-order valence-electron chi connectivity index (χ2n) is 6.67. The number of anilines is 2. The van der Waals surface area contributed by atoms with Gasteiger partial charge in [0.15, 0.2) is 0 Å². The van der Waals surface area contributed by atoms with Crippen molar-refractivity contribution in [2.45, 2.75) is 33.1 Å². The summed E-state index contributed by atoms with van der Waals surface area (Å²) < 4.78 is 27.0. The molecule has 0 saturated carbocycles. The minimum Gasteiger partial charge on any atom is -0.326 e. The van der Waals surface area contributed by atoms with Crippen LogP contribution in [-0.2, 0) is 21.2 Å². The molecule has 3 rings (SSSR count). The van der Waals surface area contributed by atoms with Gasteiger partial charge in [-0.1, -0.05) is 30.3 Å². The number of para-hydroxylation sites is 1. The molecular formula is C20H24N2O3S. The molecule has 0 radical (unpaired) electrons. The number of carbonyl (C=O) groups is 1. The predicted molar refractivity (Wildman–Crippen MR) is 105 cm³/mol. The third-order valence-electron chi connectivity index (χ3n) is 4.87. The van der Waals surface area contributed by atoms with Crippen molar-refractivity contribution in [3.05, 3.63) is 59.2 Å². The largest absolute Gasteiger partial charge is 0.326 e. The number of amides is 1. The first-order valence-electron chi connectivity index (χ1n) is 8.83. The Balaban J connectivity index is 1.67. The fourth-order valence-corrected chi connectivity index (χ4v) is 4.77. The molecule has 0 fully saturated rings. The van der Waals surface area contributed by atoms with Crippen LogP contribution >= 0.6 is 0 Å². The fraction of sp³-hybridized carbons (Fsp3) is 0.350. The van der Waals surface area contributed by atoms with Gasteiger partial charge in [0, 0.05) is 18.7 Å². The highest BCUT2D eigenvalue weighted by atomic mass is 32.2. The molecule has 0 saturated heterocycles. The summed E-state index contributed by atoms with van der Waals surface area (Å²) in [5.41, 5.74) is 4.60. The number of nitrogens with zero attached hydrogens (tertiary/aromatic N) is 1. The van der Waals surface area contributed by atoms with Gasteiger partial charge in [-0.3, -0.25) is 9.10 Å². The van der Waals surface area contributed by atoms with Crippen LogP contribution < -0.4 is 9.62 Å². The first kappa shape index (κ1) is 18.5. The Hall–Kier alpha value is -2.34. The smallest absolute Gasteiger partial charge is 0.235 e. The van der Waals surface area contributed by atoms with E-state index < -0.39 is 10.0 Å². The third-order valence-corrected chi connectivity index (χ3v) is 6.64. The van der Waals surface area contributed by atoms with Crippen LogP contribution in [0, 0.1) is 13.8 Å². The minimum absolute atomic E-state index is 0.0611. The molecule has 0 aromatic heterocycles. The van der Waals surface area contributed by atoms with Gasteiger partial charge in [0.25, 0.3) is 0 Å². The Morgan fingerprint density at radius 2 is 1.88 bits per heavy atom. The van der Waals surface area contributed by atoms with E-state index in [1.165, 1.54) is 4.31 Å². The zero-order valence-electron chi connectivity index (χ0n) is 15.2. The summed E-state index contributed by atoms with van der Waals surface area (Å²) in [6.07, 6.45) is 1.62. The standard InChI is InChI=1S/C20H24N2O3S/c1-15-7-5-10-18(16(15)2)21-20(23)12-14-26(24,25)22-13-6-9-17-8-3-4-11-19(17)22/h3-5,7-8,10-11H,6,9,12-14H2,1-2H3,(H,21,23). The Labute approximate surface area is 155 Å². The van der Waals surface area contributed by atoms with Crippen LogP contribution in [0.2, 0.25) is 0 Å². The maximum absolute atomic E-state index is 12.8. The molecule has 0 bridgehead atoms. The minimum atomic E-state index is -3.53. The Morgan fingerprint density at radius 3 is 2.69 bits per heavy atom. The average Bonchev–Trinajstić information content (AvgIpc) is 2.63. The van der Waals surface area contributed by atoms with E-state index in [1.54, 1.807) is 0 Å². The summed E-state index contributed by atoms with van der Waals surface area (Å²) >= 11 is 0. The number of aryl methyl sites for hydroxylation is 2. The molecular weight excluding hydrogens is 348 g/mol. The van der Waals surface area contributed by atoms with Gasteiger partial charge in [0.05, 0.1) is 11.4 Å². The summed E-state index contributed by atoms with van der Waals surface area (Å²) in [5, 5.41) is 2.82. The molecule has 0 atom stereocenters. The number of nitrogens with one attached hydrogen (secondary N) is 1. The number of hydrogen-bond acceptors (Lipinski definition) is 3. The normalized spacial score (nSPS) is 14.0. The maximum Gasteiger partial charge on any atom is 0.235 e. The molecule has 1 heterocycles. The van der Waals surface area contributed by atoms with Crippen molar-refractivity contribution in [2.24, 2.45) is 0 Å². The van der Waals surface area contributed by atoms with E-state index in [0.717, 1.165) is 40.9 Å². The van der Waals surface area contributed by atoms with Crippen molar-refractivity contribution in [3.63, 3.8) is 0 Å². The number of benzene rings is 2. The molecule has 1 amide bonds. The number of rotatable bonds is 5. The number of sulfonamides is 1. The van der Waals surface area contributed by atoms with Gasteiger partial charge in [0.1, 0.15) is 0 Å². The molecule has 6 heteroatoms. The molecule has 0 spiro atoms. The van der Waals surface area contributed by atoms with Crippen molar-refractivity contribution in [2.75, 3.05) is 21.9 Å². The zero-order chi connectivity index (χ0) is 18.7. The fourth-order valence-electron chi connectivity index (χ4n) is 3.22. The molecule has 26 heavy (non-hydrogen) atoms. The van der Waals surface area contributed by atoms with Crippen LogP contribution in [0.15, 0.2) is 42.5 Å². The van der Waals surface area contributed by atoms with E-state index in [2.05, 4.69) is 5.32 Å². The maximum atomic E-state index is 12.8. The highest BCUT2D eigenvalue weighted by Gasteiger charge is 2.27. The van der Waals surface area contributed by atoms with E-state index in [0.29, 0.717) is 6.54 Å². The van der Waals surface area contributed by atoms with Gasteiger partial charge in [-0.2, -0.15) is 0 Å². The summed E-state index contributed by atoms with van der Waals surface area (Å²) in [5.74, 6) is -0.481. The van der Waals surface area contributed by atoms with E-state index in [9.17, 15) is 13.2 Å². The average molecular weight is 372 g/mol. The molecule has 5 nitrogen and oxygen atoms in total. The van der Waals surface area contributed by atoms with Crippen LogP contribution in [0.4, 0.5) is 11.4 Å². The number of hydrogen-bond donors (Lipinski definition) is 1. The summed E-state index contributed by atoms with van der Waals surface area (Å²) in [4.78, 5) is 12.3. The van der Waals surface area contributed by atoms with Crippen LogP contribution in [0.5, 0.6) is 0 Å². The van der Waals surface area contributed by atoms with Crippen molar-refractivity contribution < 1.29 is 13.2 Å². The van der Waals surface area contributed by atoms with Gasteiger partial charge in [-0.05, 0) is 55.5 Å². The van der Waals surface area contributed by atoms with Gasteiger partial charge in [-0.15, -0.1) is 0 Å². The van der Waals surface area contributed by atoms with Gasteiger partial charge < -0.3 is 5.32 Å². The molecule has 1 aliphatic rings. The van der Waals surface area contributed by atoms with E-state index in [-0.39, 0.29) is 18.1 Å². The molecule has 1 aliphatic heterocycles. The lowest BCUT2D eigenvalue weighted by molar-refractivity contribution is -0.115. The monoisotopic (exact) mass is 372 g/mol. The number of fused-ring (bicyclic) bond motifs is 1. The first-order valence-corrected chi connectivity index (χ1v) is 10.4. The summed E-state index contributed by atoms with van der Waals surface area (Å²) in [6, 6.07) is 13.2. The van der Waals surface area contributed by atoms with Crippen molar-refractivity contribution >= 4 is 27.3 Å². The molecule has 2 aromatic rings. The quantitative estimate of drug-likeness (QED) is 0.875. The summed E-state index contributed by atoms with van der Waals surface area (Å²) in [6.45, 7) is 4.38.